The number of hydrogen-bond donors (Lipinski definition) is 0. The van der Waals surface area contributed by atoms with Crippen LogP contribution in [0.2, 0.25) is 0 Å². The summed E-state index contributed by atoms with van der Waals surface area (Å²) in [4.78, 5) is 11.3. The minimum atomic E-state index is -0.0802. The monoisotopic (exact) mass is 276 g/mol. The van der Waals surface area contributed by atoms with Crippen LogP contribution in [-0.4, -0.2) is 25.6 Å². The van der Waals surface area contributed by atoms with Gasteiger partial charge in [0.1, 0.15) is 11.9 Å². The maximum Gasteiger partial charge on any atom is 0.162 e. The van der Waals surface area contributed by atoms with Gasteiger partial charge < -0.3 is 14.2 Å². The number of methoxy groups -OCH3 is 1. The fraction of sp³-hybridized carbons (Fsp3) is 0.438. The number of hydrogen-bond acceptors (Lipinski definition) is 4. The summed E-state index contributed by atoms with van der Waals surface area (Å²) in [6.45, 7) is 3.15. The molecule has 0 saturated heterocycles. The second kappa shape index (κ2) is 7.10. The Bertz CT molecular complexity index is 464. The summed E-state index contributed by atoms with van der Waals surface area (Å²) in [5.74, 6) is 1.13. The van der Waals surface area contributed by atoms with E-state index in [0.29, 0.717) is 19.6 Å². The fourth-order valence-corrected chi connectivity index (χ4v) is 2.06. The van der Waals surface area contributed by atoms with E-state index >= 15 is 0 Å². The zero-order valence-corrected chi connectivity index (χ0v) is 11.9. The molecule has 0 amide bonds. The molecule has 0 spiro atoms. The zero-order valence-electron chi connectivity index (χ0n) is 11.9. The Hall–Kier alpha value is -1.81. The Balaban J connectivity index is 1.74. The van der Waals surface area contributed by atoms with Crippen LogP contribution in [-0.2, 0) is 20.9 Å². The van der Waals surface area contributed by atoms with E-state index in [2.05, 4.69) is 0 Å². The van der Waals surface area contributed by atoms with Crippen molar-refractivity contribution in [3.63, 3.8) is 0 Å². The third-order valence-electron chi connectivity index (χ3n) is 3.35. The second-order valence-electron chi connectivity index (χ2n) is 4.99. The largest absolute Gasteiger partial charge is 0.497 e. The molecule has 1 aromatic carbocycles. The van der Waals surface area contributed by atoms with Crippen LogP contribution in [0.3, 0.4) is 0 Å². The third kappa shape index (κ3) is 4.10. The molecule has 108 valence electrons. The van der Waals surface area contributed by atoms with Crippen LogP contribution in [0.25, 0.3) is 0 Å². The predicted octanol–water partition coefficient (Wildman–Crippen LogP) is 2.72. The topological polar surface area (TPSA) is 44.8 Å². The highest BCUT2D eigenvalue weighted by atomic mass is 16.5. The van der Waals surface area contributed by atoms with Gasteiger partial charge in [-0.2, -0.15) is 0 Å². The molecule has 4 heteroatoms. The van der Waals surface area contributed by atoms with E-state index in [0.717, 1.165) is 11.3 Å². The van der Waals surface area contributed by atoms with Crippen LogP contribution < -0.4 is 4.74 Å². The highest BCUT2D eigenvalue weighted by Gasteiger charge is 2.23. The molecule has 1 heterocycles. The average Bonchev–Trinajstić information content (AvgIpc) is 2.48. The second-order valence-corrected chi connectivity index (χ2v) is 4.99. The molecule has 1 aliphatic rings. The first-order valence-corrected chi connectivity index (χ1v) is 6.74. The Morgan fingerprint density at radius 1 is 1.35 bits per heavy atom. The van der Waals surface area contributed by atoms with Crippen molar-refractivity contribution in [1.82, 2.24) is 0 Å². The van der Waals surface area contributed by atoms with Gasteiger partial charge >= 0.3 is 0 Å². The molecule has 20 heavy (non-hydrogen) atoms. The van der Waals surface area contributed by atoms with Gasteiger partial charge in [-0.3, -0.25) is 4.79 Å². The molecule has 0 N–H and O–H groups in total. The highest BCUT2D eigenvalue weighted by Crippen LogP contribution is 2.18. The van der Waals surface area contributed by atoms with Gasteiger partial charge in [-0.15, -0.1) is 0 Å². The molecule has 0 aromatic heterocycles. The van der Waals surface area contributed by atoms with Crippen molar-refractivity contribution >= 4 is 5.78 Å². The van der Waals surface area contributed by atoms with E-state index in [4.69, 9.17) is 14.2 Å². The first-order chi connectivity index (χ1) is 9.69. The van der Waals surface area contributed by atoms with Crippen molar-refractivity contribution in [3.8, 4) is 5.75 Å². The van der Waals surface area contributed by atoms with Crippen molar-refractivity contribution in [3.05, 3.63) is 42.2 Å². The highest BCUT2D eigenvalue weighted by molar-refractivity contribution is 5.90. The van der Waals surface area contributed by atoms with E-state index in [1.807, 2.05) is 31.2 Å². The molecule has 2 atom stereocenters. The van der Waals surface area contributed by atoms with Gasteiger partial charge in [0.2, 0.25) is 0 Å². The number of rotatable bonds is 6. The summed E-state index contributed by atoms with van der Waals surface area (Å²) in [5.41, 5.74) is 1.10. The van der Waals surface area contributed by atoms with Crippen LogP contribution in [0.15, 0.2) is 36.6 Å². The summed E-state index contributed by atoms with van der Waals surface area (Å²) in [5, 5.41) is 0. The minimum Gasteiger partial charge on any atom is -0.497 e. The standard InChI is InChI=1S/C16H20O4/c1-12(16-9-14(17)7-8-20-16)10-19-11-13-3-5-15(18-2)6-4-13/h3-8,12,16H,9-11H2,1-2H3/t12-,16+/m1/s1. The smallest absolute Gasteiger partial charge is 0.162 e. The van der Waals surface area contributed by atoms with E-state index in [-0.39, 0.29) is 17.8 Å². The lowest BCUT2D eigenvalue weighted by Crippen LogP contribution is -2.28. The van der Waals surface area contributed by atoms with Crippen LogP contribution in [0, 0.1) is 5.92 Å². The molecule has 0 fully saturated rings. The molecule has 4 nitrogen and oxygen atoms in total. The molecule has 2 rings (SSSR count). The summed E-state index contributed by atoms with van der Waals surface area (Å²) in [6.07, 6.45) is 3.31. The lowest BCUT2D eigenvalue weighted by Gasteiger charge is -2.24. The normalized spacial score (nSPS) is 19.5. The van der Waals surface area contributed by atoms with Crippen LogP contribution in [0.5, 0.6) is 5.75 Å². The molecule has 0 radical (unpaired) electrons. The van der Waals surface area contributed by atoms with Crippen molar-refractivity contribution < 1.29 is 19.0 Å². The molecule has 0 unspecified atom stereocenters. The Morgan fingerprint density at radius 3 is 2.75 bits per heavy atom. The van der Waals surface area contributed by atoms with Gasteiger partial charge in [0.05, 0.1) is 26.6 Å². The van der Waals surface area contributed by atoms with E-state index in [1.54, 1.807) is 7.11 Å². The van der Waals surface area contributed by atoms with Crippen molar-refractivity contribution in [2.75, 3.05) is 13.7 Å². The fourth-order valence-electron chi connectivity index (χ4n) is 2.06. The van der Waals surface area contributed by atoms with Crippen molar-refractivity contribution in [2.45, 2.75) is 26.1 Å². The minimum absolute atomic E-state index is 0.0802. The lowest BCUT2D eigenvalue weighted by atomic mass is 9.99. The SMILES string of the molecule is COc1ccc(COC[C@@H](C)[C@@H]2CC(=O)C=CO2)cc1. The van der Waals surface area contributed by atoms with Crippen molar-refractivity contribution in [2.24, 2.45) is 5.92 Å². The molecule has 0 bridgehead atoms. The Morgan fingerprint density at radius 2 is 2.10 bits per heavy atom. The number of benzene rings is 1. The van der Waals surface area contributed by atoms with Gasteiger partial charge in [0, 0.05) is 18.4 Å². The first kappa shape index (κ1) is 14.6. The average molecular weight is 276 g/mol. The Kier molecular flexibility index (Phi) is 5.18. The van der Waals surface area contributed by atoms with Gasteiger partial charge in [-0.1, -0.05) is 19.1 Å². The maximum absolute atomic E-state index is 11.3. The summed E-state index contributed by atoms with van der Waals surface area (Å²) in [6, 6.07) is 7.78. The molecule has 1 aromatic rings. The molecule has 1 aliphatic heterocycles. The quantitative estimate of drug-likeness (QED) is 0.801. The number of carbonyl (C=O) groups excluding carboxylic acids is 1. The van der Waals surface area contributed by atoms with E-state index in [1.165, 1.54) is 12.3 Å². The van der Waals surface area contributed by atoms with Gasteiger partial charge in [0.25, 0.3) is 0 Å². The third-order valence-corrected chi connectivity index (χ3v) is 3.35. The molecule has 0 saturated carbocycles. The predicted molar refractivity (Wildman–Crippen MR) is 75.5 cm³/mol. The summed E-state index contributed by atoms with van der Waals surface area (Å²) < 4.78 is 16.2. The number of carbonyl (C=O) groups is 1. The molecular formula is C16H20O4. The number of ether oxygens (including phenoxy) is 3. The van der Waals surface area contributed by atoms with E-state index in [9.17, 15) is 4.79 Å². The summed E-state index contributed by atoms with van der Waals surface area (Å²) in [7, 11) is 1.65. The first-order valence-electron chi connectivity index (χ1n) is 6.74. The van der Waals surface area contributed by atoms with Crippen molar-refractivity contribution in [1.29, 1.82) is 0 Å². The number of allylic oxidation sites excluding steroid dienone is 1. The van der Waals surface area contributed by atoms with Gasteiger partial charge in [-0.25, -0.2) is 0 Å². The van der Waals surface area contributed by atoms with Crippen LogP contribution >= 0.6 is 0 Å². The van der Waals surface area contributed by atoms with Crippen LogP contribution in [0.4, 0.5) is 0 Å². The lowest BCUT2D eigenvalue weighted by molar-refractivity contribution is -0.119. The number of ketones is 1. The molecule has 0 aliphatic carbocycles. The van der Waals surface area contributed by atoms with Gasteiger partial charge in [-0.05, 0) is 17.7 Å². The Labute approximate surface area is 119 Å². The zero-order chi connectivity index (χ0) is 14.4. The summed E-state index contributed by atoms with van der Waals surface area (Å²) >= 11 is 0. The molecular weight excluding hydrogens is 256 g/mol. The maximum atomic E-state index is 11.3. The van der Waals surface area contributed by atoms with Crippen LogP contribution in [0.1, 0.15) is 18.9 Å². The van der Waals surface area contributed by atoms with Gasteiger partial charge in [0.15, 0.2) is 5.78 Å². The van der Waals surface area contributed by atoms with E-state index < -0.39 is 0 Å².